The van der Waals surface area contributed by atoms with Gasteiger partial charge in [0.25, 0.3) is 0 Å². The Kier molecular flexibility index (Phi) is 3.10. The Hall–Kier alpha value is -0.770. The summed E-state index contributed by atoms with van der Waals surface area (Å²) in [5.41, 5.74) is -0.387. The van der Waals surface area contributed by atoms with Crippen LogP contribution in [0.15, 0.2) is 0 Å². The maximum absolute atomic E-state index is 12.0. The SMILES string of the molecule is CC(C)(C)OC(=O)N1CCCC1C1CNC1. The van der Waals surface area contributed by atoms with Gasteiger partial charge in [0, 0.05) is 31.6 Å². The second-order valence-corrected chi connectivity index (χ2v) is 5.80. The Bertz CT molecular complexity index is 269. The number of carbonyl (C=O) groups excluding carboxylic acids is 1. The molecule has 1 amide bonds. The van der Waals surface area contributed by atoms with E-state index in [2.05, 4.69) is 5.32 Å². The number of carbonyl (C=O) groups is 1. The van der Waals surface area contributed by atoms with Crippen LogP contribution in [0.25, 0.3) is 0 Å². The minimum Gasteiger partial charge on any atom is -0.444 e. The van der Waals surface area contributed by atoms with Crippen LogP contribution in [0.3, 0.4) is 0 Å². The lowest BCUT2D eigenvalue weighted by Gasteiger charge is -2.38. The van der Waals surface area contributed by atoms with Crippen LogP contribution in [-0.2, 0) is 4.74 Å². The summed E-state index contributed by atoms with van der Waals surface area (Å²) in [4.78, 5) is 13.9. The first kappa shape index (κ1) is 11.7. The van der Waals surface area contributed by atoms with Gasteiger partial charge in [-0.05, 0) is 33.6 Å². The van der Waals surface area contributed by atoms with Crippen LogP contribution in [0.1, 0.15) is 33.6 Å². The zero-order valence-corrected chi connectivity index (χ0v) is 10.5. The van der Waals surface area contributed by atoms with Gasteiger partial charge >= 0.3 is 6.09 Å². The lowest BCUT2D eigenvalue weighted by atomic mass is 9.92. The molecule has 1 unspecified atom stereocenters. The summed E-state index contributed by atoms with van der Waals surface area (Å²) in [5, 5.41) is 3.27. The minimum atomic E-state index is -0.387. The molecule has 4 heteroatoms. The second-order valence-electron chi connectivity index (χ2n) is 5.80. The van der Waals surface area contributed by atoms with Crippen LogP contribution in [-0.4, -0.2) is 42.3 Å². The Morgan fingerprint density at radius 2 is 2.06 bits per heavy atom. The standard InChI is InChI=1S/C12H22N2O2/c1-12(2,3)16-11(15)14-6-4-5-10(14)9-7-13-8-9/h9-10,13H,4-8H2,1-3H3. The van der Waals surface area contributed by atoms with Crippen molar-refractivity contribution in [3.63, 3.8) is 0 Å². The van der Waals surface area contributed by atoms with Gasteiger partial charge in [0.05, 0.1) is 0 Å². The number of hydrogen-bond donors (Lipinski definition) is 1. The normalized spacial score (nSPS) is 26.7. The highest BCUT2D eigenvalue weighted by atomic mass is 16.6. The molecule has 0 bridgehead atoms. The summed E-state index contributed by atoms with van der Waals surface area (Å²) < 4.78 is 5.44. The molecule has 0 spiro atoms. The Morgan fingerprint density at radius 1 is 1.38 bits per heavy atom. The molecule has 2 aliphatic rings. The van der Waals surface area contributed by atoms with E-state index in [0.717, 1.165) is 32.5 Å². The zero-order valence-electron chi connectivity index (χ0n) is 10.5. The van der Waals surface area contributed by atoms with Crippen molar-refractivity contribution < 1.29 is 9.53 Å². The first-order chi connectivity index (χ1) is 7.47. The fourth-order valence-electron chi connectivity index (χ4n) is 2.41. The molecular formula is C12H22N2O2. The highest BCUT2D eigenvalue weighted by molar-refractivity contribution is 5.69. The second kappa shape index (κ2) is 4.24. The third-order valence-corrected chi connectivity index (χ3v) is 3.28. The Labute approximate surface area is 97.3 Å². The molecule has 2 saturated heterocycles. The largest absolute Gasteiger partial charge is 0.444 e. The van der Waals surface area contributed by atoms with Crippen molar-refractivity contribution in [2.45, 2.75) is 45.3 Å². The van der Waals surface area contributed by atoms with Crippen LogP contribution in [0.4, 0.5) is 4.79 Å². The fourth-order valence-corrected chi connectivity index (χ4v) is 2.41. The summed E-state index contributed by atoms with van der Waals surface area (Å²) in [6, 6.07) is 0.399. The molecule has 0 saturated carbocycles. The van der Waals surface area contributed by atoms with E-state index < -0.39 is 0 Å². The zero-order chi connectivity index (χ0) is 11.8. The van der Waals surface area contributed by atoms with Gasteiger partial charge in [-0.2, -0.15) is 0 Å². The van der Waals surface area contributed by atoms with E-state index in [4.69, 9.17) is 4.74 Å². The molecule has 4 nitrogen and oxygen atoms in total. The predicted octanol–water partition coefficient (Wildman–Crippen LogP) is 1.61. The monoisotopic (exact) mass is 226 g/mol. The van der Waals surface area contributed by atoms with E-state index in [0.29, 0.717) is 12.0 Å². The summed E-state index contributed by atoms with van der Waals surface area (Å²) in [6.45, 7) is 8.70. The van der Waals surface area contributed by atoms with E-state index in [1.807, 2.05) is 25.7 Å². The van der Waals surface area contributed by atoms with Crippen molar-refractivity contribution >= 4 is 6.09 Å². The molecule has 2 aliphatic heterocycles. The first-order valence-corrected chi connectivity index (χ1v) is 6.18. The highest BCUT2D eigenvalue weighted by Crippen LogP contribution is 2.27. The van der Waals surface area contributed by atoms with E-state index >= 15 is 0 Å². The van der Waals surface area contributed by atoms with Gasteiger partial charge in [0.1, 0.15) is 5.60 Å². The summed E-state index contributed by atoms with van der Waals surface area (Å²) in [6.07, 6.45) is 2.10. The predicted molar refractivity (Wildman–Crippen MR) is 62.3 cm³/mol. The molecule has 0 aromatic rings. The quantitative estimate of drug-likeness (QED) is 0.738. The summed E-state index contributed by atoms with van der Waals surface area (Å²) >= 11 is 0. The molecule has 2 fully saturated rings. The average molecular weight is 226 g/mol. The molecule has 0 radical (unpaired) electrons. The fraction of sp³-hybridized carbons (Fsp3) is 0.917. The van der Waals surface area contributed by atoms with Crippen LogP contribution in [0.2, 0.25) is 0 Å². The maximum atomic E-state index is 12.0. The van der Waals surface area contributed by atoms with Gasteiger partial charge in [-0.15, -0.1) is 0 Å². The molecule has 92 valence electrons. The summed E-state index contributed by atoms with van der Waals surface area (Å²) in [7, 11) is 0. The molecule has 1 N–H and O–H groups in total. The van der Waals surface area contributed by atoms with E-state index in [9.17, 15) is 4.79 Å². The molecular weight excluding hydrogens is 204 g/mol. The molecule has 0 aromatic carbocycles. The Balaban J connectivity index is 1.94. The van der Waals surface area contributed by atoms with Crippen molar-refractivity contribution in [2.24, 2.45) is 5.92 Å². The van der Waals surface area contributed by atoms with Crippen molar-refractivity contribution in [2.75, 3.05) is 19.6 Å². The third-order valence-electron chi connectivity index (χ3n) is 3.28. The molecule has 2 rings (SSSR count). The number of ether oxygens (including phenoxy) is 1. The average Bonchev–Trinajstić information content (AvgIpc) is 2.45. The van der Waals surface area contributed by atoms with Crippen LogP contribution in [0, 0.1) is 5.92 Å². The topological polar surface area (TPSA) is 41.6 Å². The van der Waals surface area contributed by atoms with Gasteiger partial charge in [-0.3, -0.25) is 0 Å². The van der Waals surface area contributed by atoms with Crippen molar-refractivity contribution in [1.29, 1.82) is 0 Å². The molecule has 2 heterocycles. The minimum absolute atomic E-state index is 0.137. The maximum Gasteiger partial charge on any atom is 0.410 e. The van der Waals surface area contributed by atoms with Crippen LogP contribution >= 0.6 is 0 Å². The Morgan fingerprint density at radius 3 is 2.56 bits per heavy atom. The van der Waals surface area contributed by atoms with Crippen molar-refractivity contribution in [3.05, 3.63) is 0 Å². The number of hydrogen-bond acceptors (Lipinski definition) is 3. The van der Waals surface area contributed by atoms with Crippen LogP contribution in [0.5, 0.6) is 0 Å². The third kappa shape index (κ3) is 2.48. The van der Waals surface area contributed by atoms with Crippen LogP contribution < -0.4 is 5.32 Å². The number of rotatable bonds is 1. The number of nitrogens with zero attached hydrogens (tertiary/aromatic N) is 1. The smallest absolute Gasteiger partial charge is 0.410 e. The number of likely N-dealkylation sites (tertiary alicyclic amines) is 1. The highest BCUT2D eigenvalue weighted by Gasteiger charge is 2.38. The molecule has 0 aliphatic carbocycles. The van der Waals surface area contributed by atoms with Gasteiger partial charge in [0.2, 0.25) is 0 Å². The molecule has 16 heavy (non-hydrogen) atoms. The first-order valence-electron chi connectivity index (χ1n) is 6.18. The van der Waals surface area contributed by atoms with Gasteiger partial charge in [0.15, 0.2) is 0 Å². The molecule has 1 atom stereocenters. The van der Waals surface area contributed by atoms with Gasteiger partial charge < -0.3 is 15.0 Å². The number of nitrogens with one attached hydrogen (secondary N) is 1. The van der Waals surface area contributed by atoms with Gasteiger partial charge in [-0.1, -0.05) is 0 Å². The van der Waals surface area contributed by atoms with Gasteiger partial charge in [-0.25, -0.2) is 4.79 Å². The van der Waals surface area contributed by atoms with E-state index in [1.165, 1.54) is 0 Å². The van der Waals surface area contributed by atoms with E-state index in [-0.39, 0.29) is 11.7 Å². The lowest BCUT2D eigenvalue weighted by molar-refractivity contribution is 0.0148. The lowest BCUT2D eigenvalue weighted by Crippen LogP contribution is -2.54. The van der Waals surface area contributed by atoms with Crippen molar-refractivity contribution in [1.82, 2.24) is 10.2 Å². The van der Waals surface area contributed by atoms with E-state index in [1.54, 1.807) is 0 Å². The summed E-state index contributed by atoms with van der Waals surface area (Å²) in [5.74, 6) is 0.634. The number of amides is 1. The van der Waals surface area contributed by atoms with Crippen molar-refractivity contribution in [3.8, 4) is 0 Å². The molecule has 0 aromatic heterocycles.